The van der Waals surface area contributed by atoms with Gasteiger partial charge in [0, 0.05) is 6.20 Å². The summed E-state index contributed by atoms with van der Waals surface area (Å²) in [5.74, 6) is 2.06. The fourth-order valence-electron chi connectivity index (χ4n) is 3.04. The maximum absolute atomic E-state index is 8.95. The third-order valence-corrected chi connectivity index (χ3v) is 3.83. The van der Waals surface area contributed by atoms with E-state index in [-0.39, 0.29) is 0 Å². The lowest BCUT2D eigenvalue weighted by Crippen LogP contribution is -2.24. The molecular weight excluding hydrogens is 200 g/mol. The number of nitrogens with zero attached hydrogens (tertiary/aromatic N) is 2. The van der Waals surface area contributed by atoms with Crippen molar-refractivity contribution in [1.82, 2.24) is 4.98 Å². The summed E-state index contributed by atoms with van der Waals surface area (Å²) in [4.78, 5) is 4.15. The Hall–Kier alpha value is -1.56. The number of rotatable bonds is 2. The van der Waals surface area contributed by atoms with Gasteiger partial charge in [-0.3, -0.25) is 0 Å². The van der Waals surface area contributed by atoms with Crippen LogP contribution >= 0.6 is 0 Å². The molecule has 2 bridgehead atoms. The molecule has 0 radical (unpaired) electrons. The summed E-state index contributed by atoms with van der Waals surface area (Å²) in [7, 11) is 0. The van der Waals surface area contributed by atoms with Crippen LogP contribution in [0.3, 0.4) is 0 Å². The van der Waals surface area contributed by atoms with E-state index in [4.69, 9.17) is 10.00 Å². The van der Waals surface area contributed by atoms with Gasteiger partial charge in [-0.25, -0.2) is 4.98 Å². The van der Waals surface area contributed by atoms with E-state index in [1.165, 1.54) is 19.3 Å². The van der Waals surface area contributed by atoms with Gasteiger partial charge in [0.1, 0.15) is 17.7 Å². The minimum absolute atomic E-state index is 0.292. The zero-order valence-corrected chi connectivity index (χ0v) is 9.10. The molecule has 82 valence electrons. The van der Waals surface area contributed by atoms with Gasteiger partial charge in [-0.15, -0.1) is 0 Å². The van der Waals surface area contributed by atoms with Crippen molar-refractivity contribution in [1.29, 1.82) is 5.26 Å². The molecule has 0 aliphatic heterocycles. The molecule has 0 aromatic carbocycles. The van der Waals surface area contributed by atoms with E-state index >= 15 is 0 Å². The standard InChI is InChI=1S/C13H14N2O/c14-8-11-2-1-5-15-13(11)16-12-7-9-3-4-10(12)6-9/h1-2,5,9-10,12H,3-4,6-7H2. The highest BCUT2D eigenvalue weighted by atomic mass is 16.5. The second-order valence-electron chi connectivity index (χ2n) is 4.80. The van der Waals surface area contributed by atoms with Gasteiger partial charge in [-0.1, -0.05) is 0 Å². The second kappa shape index (κ2) is 3.79. The first-order valence-corrected chi connectivity index (χ1v) is 5.88. The van der Waals surface area contributed by atoms with E-state index in [1.807, 2.05) is 0 Å². The fourth-order valence-corrected chi connectivity index (χ4v) is 3.04. The van der Waals surface area contributed by atoms with Crippen molar-refractivity contribution in [3.63, 3.8) is 0 Å². The van der Waals surface area contributed by atoms with Crippen LogP contribution in [-0.4, -0.2) is 11.1 Å². The number of nitriles is 1. The van der Waals surface area contributed by atoms with Crippen molar-refractivity contribution in [2.75, 3.05) is 0 Å². The molecular formula is C13H14N2O. The van der Waals surface area contributed by atoms with Gasteiger partial charge in [0.05, 0.1) is 0 Å². The normalized spacial score (nSPS) is 31.3. The zero-order valence-electron chi connectivity index (χ0n) is 9.10. The predicted molar refractivity (Wildman–Crippen MR) is 58.8 cm³/mol. The summed E-state index contributed by atoms with van der Waals surface area (Å²) in [5.41, 5.74) is 0.547. The van der Waals surface area contributed by atoms with Crippen molar-refractivity contribution in [2.45, 2.75) is 31.8 Å². The van der Waals surface area contributed by atoms with E-state index in [0.717, 1.165) is 12.3 Å². The van der Waals surface area contributed by atoms with Gasteiger partial charge in [0.15, 0.2) is 0 Å². The van der Waals surface area contributed by atoms with E-state index in [9.17, 15) is 0 Å². The SMILES string of the molecule is N#Cc1cccnc1OC1CC2CCC1C2. The van der Waals surface area contributed by atoms with Gasteiger partial charge >= 0.3 is 0 Å². The number of aromatic nitrogens is 1. The van der Waals surface area contributed by atoms with Gasteiger partial charge in [0.2, 0.25) is 5.88 Å². The van der Waals surface area contributed by atoms with Crippen LogP contribution in [-0.2, 0) is 0 Å². The molecule has 0 N–H and O–H groups in total. The molecule has 0 saturated heterocycles. The van der Waals surface area contributed by atoms with Crippen molar-refractivity contribution in [2.24, 2.45) is 11.8 Å². The van der Waals surface area contributed by atoms with Crippen LogP contribution in [0.25, 0.3) is 0 Å². The highest BCUT2D eigenvalue weighted by Crippen LogP contribution is 2.45. The smallest absolute Gasteiger partial charge is 0.231 e. The fraction of sp³-hybridized carbons (Fsp3) is 0.538. The molecule has 2 saturated carbocycles. The second-order valence-corrected chi connectivity index (χ2v) is 4.80. The van der Waals surface area contributed by atoms with Gasteiger partial charge in [-0.2, -0.15) is 5.26 Å². The largest absolute Gasteiger partial charge is 0.473 e. The minimum Gasteiger partial charge on any atom is -0.473 e. The predicted octanol–water partition coefficient (Wildman–Crippen LogP) is 2.52. The third kappa shape index (κ3) is 1.55. The van der Waals surface area contributed by atoms with Gasteiger partial charge < -0.3 is 4.74 Å². The lowest BCUT2D eigenvalue weighted by atomic mass is 9.98. The summed E-state index contributed by atoms with van der Waals surface area (Å²) in [6.45, 7) is 0. The van der Waals surface area contributed by atoms with Crippen LogP contribution in [0.4, 0.5) is 0 Å². The molecule has 3 rings (SSSR count). The Morgan fingerprint density at radius 1 is 1.38 bits per heavy atom. The topological polar surface area (TPSA) is 45.9 Å². The third-order valence-electron chi connectivity index (χ3n) is 3.83. The molecule has 3 unspecified atom stereocenters. The Labute approximate surface area is 95.1 Å². The molecule has 0 amide bonds. The molecule has 16 heavy (non-hydrogen) atoms. The number of hydrogen-bond acceptors (Lipinski definition) is 3. The Morgan fingerprint density at radius 3 is 3.00 bits per heavy atom. The number of hydrogen-bond donors (Lipinski definition) is 0. The number of ether oxygens (including phenoxy) is 1. The summed E-state index contributed by atoms with van der Waals surface area (Å²) in [6, 6.07) is 5.66. The van der Waals surface area contributed by atoms with Crippen LogP contribution in [0, 0.1) is 23.2 Å². The molecule has 2 fully saturated rings. The maximum atomic E-state index is 8.95. The molecule has 1 aromatic heterocycles. The average molecular weight is 214 g/mol. The number of pyridine rings is 1. The first kappa shape index (κ1) is 9.65. The van der Waals surface area contributed by atoms with E-state index < -0.39 is 0 Å². The maximum Gasteiger partial charge on any atom is 0.231 e. The van der Waals surface area contributed by atoms with Crippen LogP contribution < -0.4 is 4.74 Å². The molecule has 3 heteroatoms. The van der Waals surface area contributed by atoms with Crippen molar-refractivity contribution >= 4 is 0 Å². The first-order chi connectivity index (χ1) is 7.86. The van der Waals surface area contributed by atoms with Gasteiger partial charge in [0.25, 0.3) is 0 Å². The molecule has 3 atom stereocenters. The van der Waals surface area contributed by atoms with Crippen LogP contribution in [0.2, 0.25) is 0 Å². The van der Waals surface area contributed by atoms with E-state index in [2.05, 4.69) is 11.1 Å². The molecule has 1 aromatic rings. The summed E-state index contributed by atoms with van der Waals surface area (Å²) in [5, 5.41) is 8.95. The Kier molecular flexibility index (Phi) is 2.28. The zero-order chi connectivity index (χ0) is 11.0. The lowest BCUT2D eigenvalue weighted by Gasteiger charge is -2.22. The monoisotopic (exact) mass is 214 g/mol. The van der Waals surface area contributed by atoms with Crippen LogP contribution in [0.5, 0.6) is 5.88 Å². The Morgan fingerprint density at radius 2 is 2.31 bits per heavy atom. The highest BCUT2D eigenvalue weighted by molar-refractivity contribution is 5.37. The Balaban J connectivity index is 1.77. The minimum atomic E-state index is 0.292. The molecule has 1 heterocycles. The van der Waals surface area contributed by atoms with Gasteiger partial charge in [-0.05, 0) is 49.7 Å². The van der Waals surface area contributed by atoms with Crippen molar-refractivity contribution < 1.29 is 4.74 Å². The lowest BCUT2D eigenvalue weighted by molar-refractivity contribution is 0.132. The summed E-state index contributed by atoms with van der Waals surface area (Å²) >= 11 is 0. The average Bonchev–Trinajstić information content (AvgIpc) is 2.92. The quantitative estimate of drug-likeness (QED) is 0.760. The first-order valence-electron chi connectivity index (χ1n) is 5.88. The molecule has 0 spiro atoms. The highest BCUT2D eigenvalue weighted by Gasteiger charge is 2.41. The Bertz CT molecular complexity index is 438. The van der Waals surface area contributed by atoms with Crippen molar-refractivity contribution in [3.8, 4) is 11.9 Å². The molecule has 3 nitrogen and oxygen atoms in total. The summed E-state index contributed by atoms with van der Waals surface area (Å²) in [6.07, 6.45) is 7.07. The molecule has 2 aliphatic rings. The summed E-state index contributed by atoms with van der Waals surface area (Å²) < 4.78 is 5.90. The molecule has 2 aliphatic carbocycles. The van der Waals surface area contributed by atoms with Crippen molar-refractivity contribution in [3.05, 3.63) is 23.9 Å². The van der Waals surface area contributed by atoms with E-state index in [0.29, 0.717) is 23.5 Å². The number of fused-ring (bicyclic) bond motifs is 2. The van der Waals surface area contributed by atoms with E-state index in [1.54, 1.807) is 18.3 Å². The van der Waals surface area contributed by atoms with Crippen LogP contribution in [0.1, 0.15) is 31.2 Å². The van der Waals surface area contributed by atoms with Crippen LogP contribution in [0.15, 0.2) is 18.3 Å².